The number of sulfonamides is 1. The zero-order valence-corrected chi connectivity index (χ0v) is 19.5. The highest BCUT2D eigenvalue weighted by Crippen LogP contribution is 2.34. The first-order chi connectivity index (χ1) is 14.9. The SMILES string of the molecule is CCCCCC/C(=C1/CN(S(=O)(=O)c2ccc(C)cc2)CC1O)c1ccc(OC)cc1. The molecule has 0 aromatic heterocycles. The van der Waals surface area contributed by atoms with E-state index in [2.05, 4.69) is 6.92 Å². The molecule has 1 unspecified atom stereocenters. The summed E-state index contributed by atoms with van der Waals surface area (Å²) in [6.07, 6.45) is 4.46. The number of methoxy groups -OCH3 is 1. The Morgan fingerprint density at radius 2 is 1.74 bits per heavy atom. The zero-order valence-electron chi connectivity index (χ0n) is 18.7. The Morgan fingerprint density at radius 1 is 1.06 bits per heavy atom. The molecule has 1 heterocycles. The van der Waals surface area contributed by atoms with E-state index in [1.54, 1.807) is 31.4 Å². The van der Waals surface area contributed by atoms with Crippen molar-refractivity contribution in [3.05, 3.63) is 65.2 Å². The van der Waals surface area contributed by atoms with Crippen LogP contribution in [0.2, 0.25) is 0 Å². The fraction of sp³-hybridized carbons (Fsp3) is 0.440. The number of allylic oxidation sites excluding steroid dienone is 1. The third kappa shape index (κ3) is 5.56. The van der Waals surface area contributed by atoms with Gasteiger partial charge in [0, 0.05) is 13.1 Å². The molecule has 0 bridgehead atoms. The number of hydrogen-bond acceptors (Lipinski definition) is 4. The molecular formula is C25H33NO4S. The van der Waals surface area contributed by atoms with Crippen molar-refractivity contribution in [3.8, 4) is 5.75 Å². The zero-order chi connectivity index (χ0) is 22.4. The van der Waals surface area contributed by atoms with E-state index in [0.29, 0.717) is 0 Å². The molecule has 1 N–H and O–H groups in total. The van der Waals surface area contributed by atoms with Gasteiger partial charge in [0.1, 0.15) is 5.75 Å². The summed E-state index contributed by atoms with van der Waals surface area (Å²) in [6, 6.07) is 14.7. The van der Waals surface area contributed by atoms with E-state index < -0.39 is 16.1 Å². The van der Waals surface area contributed by atoms with Gasteiger partial charge >= 0.3 is 0 Å². The smallest absolute Gasteiger partial charge is 0.243 e. The van der Waals surface area contributed by atoms with Crippen LogP contribution in [0.25, 0.3) is 5.57 Å². The molecule has 3 rings (SSSR count). The van der Waals surface area contributed by atoms with Crippen LogP contribution in [0.5, 0.6) is 5.75 Å². The molecule has 1 saturated heterocycles. The molecule has 0 aliphatic carbocycles. The van der Waals surface area contributed by atoms with Crippen LogP contribution in [0.15, 0.2) is 59.0 Å². The molecular weight excluding hydrogens is 410 g/mol. The number of unbranched alkanes of at least 4 members (excludes halogenated alkanes) is 3. The third-order valence-electron chi connectivity index (χ3n) is 5.89. The van der Waals surface area contributed by atoms with Crippen LogP contribution in [-0.4, -0.2) is 44.1 Å². The summed E-state index contributed by atoms with van der Waals surface area (Å²) < 4.78 is 33.0. The minimum Gasteiger partial charge on any atom is -0.497 e. The highest BCUT2D eigenvalue weighted by atomic mass is 32.2. The minimum atomic E-state index is -3.66. The molecule has 6 heteroatoms. The number of hydrogen-bond donors (Lipinski definition) is 1. The predicted molar refractivity (Wildman–Crippen MR) is 125 cm³/mol. The summed E-state index contributed by atoms with van der Waals surface area (Å²) in [7, 11) is -2.03. The van der Waals surface area contributed by atoms with Crippen molar-refractivity contribution in [2.24, 2.45) is 0 Å². The van der Waals surface area contributed by atoms with Crippen molar-refractivity contribution in [1.29, 1.82) is 0 Å². The summed E-state index contributed by atoms with van der Waals surface area (Å²) in [5, 5.41) is 10.9. The first-order valence-corrected chi connectivity index (χ1v) is 12.4. The fourth-order valence-electron chi connectivity index (χ4n) is 4.01. The topological polar surface area (TPSA) is 66.8 Å². The molecule has 0 radical (unpaired) electrons. The number of aliphatic hydroxyl groups is 1. The third-order valence-corrected chi connectivity index (χ3v) is 7.72. The van der Waals surface area contributed by atoms with Gasteiger partial charge in [0.15, 0.2) is 0 Å². The van der Waals surface area contributed by atoms with E-state index in [0.717, 1.165) is 53.7 Å². The first kappa shape index (κ1) is 23.5. The summed E-state index contributed by atoms with van der Waals surface area (Å²) in [5.74, 6) is 0.773. The maximum atomic E-state index is 13.2. The van der Waals surface area contributed by atoms with Crippen LogP contribution in [-0.2, 0) is 10.0 Å². The average Bonchev–Trinajstić information content (AvgIpc) is 3.16. The second kappa shape index (κ2) is 10.4. The fourth-order valence-corrected chi connectivity index (χ4v) is 5.44. The molecule has 31 heavy (non-hydrogen) atoms. The molecule has 168 valence electrons. The lowest BCUT2D eigenvalue weighted by Gasteiger charge is -2.16. The molecule has 1 fully saturated rings. The minimum absolute atomic E-state index is 0.0835. The molecule has 0 saturated carbocycles. The molecule has 0 spiro atoms. The quantitative estimate of drug-likeness (QED) is 0.566. The monoisotopic (exact) mass is 443 g/mol. The lowest BCUT2D eigenvalue weighted by molar-refractivity contribution is 0.217. The van der Waals surface area contributed by atoms with E-state index in [9.17, 15) is 13.5 Å². The van der Waals surface area contributed by atoms with Crippen LogP contribution in [0.3, 0.4) is 0 Å². The maximum absolute atomic E-state index is 13.2. The van der Waals surface area contributed by atoms with Crippen molar-refractivity contribution >= 4 is 15.6 Å². The van der Waals surface area contributed by atoms with Crippen LogP contribution in [0, 0.1) is 6.92 Å². The average molecular weight is 444 g/mol. The van der Waals surface area contributed by atoms with Crippen LogP contribution in [0.4, 0.5) is 0 Å². The second-order valence-corrected chi connectivity index (χ2v) is 10.1. The van der Waals surface area contributed by atoms with Crippen molar-refractivity contribution in [2.75, 3.05) is 20.2 Å². The summed E-state index contributed by atoms with van der Waals surface area (Å²) in [6.45, 7) is 4.40. The van der Waals surface area contributed by atoms with E-state index in [-0.39, 0.29) is 18.0 Å². The standard InChI is InChI=1S/C25H33NO4S/c1-4-5-6-7-8-23(20-11-13-21(30-3)14-12-20)24-17-26(18-25(24)27)31(28,29)22-15-9-19(2)10-16-22/h9-16,25,27H,4-8,17-18H2,1-3H3/b24-23+. The first-order valence-electron chi connectivity index (χ1n) is 11.0. The van der Waals surface area contributed by atoms with Gasteiger partial charge in [0.25, 0.3) is 0 Å². The number of aryl methyl sites for hydroxylation is 1. The summed E-state index contributed by atoms with van der Waals surface area (Å²) >= 11 is 0. The Hall–Kier alpha value is -2.15. The van der Waals surface area contributed by atoms with Gasteiger partial charge in [0.05, 0.1) is 18.1 Å². The number of β-amino-alcohol motifs (C(OH)–C–C–N with tert-alkyl or cyclic N) is 1. The largest absolute Gasteiger partial charge is 0.497 e. The van der Waals surface area contributed by atoms with Crippen LogP contribution < -0.4 is 4.74 Å². The number of nitrogens with zero attached hydrogens (tertiary/aromatic N) is 1. The van der Waals surface area contributed by atoms with Crippen molar-refractivity contribution < 1.29 is 18.3 Å². The lowest BCUT2D eigenvalue weighted by Crippen LogP contribution is -2.29. The molecule has 1 atom stereocenters. The highest BCUT2D eigenvalue weighted by molar-refractivity contribution is 7.89. The van der Waals surface area contributed by atoms with Crippen molar-refractivity contribution in [2.45, 2.75) is 57.0 Å². The normalized spacial score (nSPS) is 18.9. The Balaban J connectivity index is 1.92. The van der Waals surface area contributed by atoms with Crippen LogP contribution >= 0.6 is 0 Å². The van der Waals surface area contributed by atoms with Crippen molar-refractivity contribution in [3.63, 3.8) is 0 Å². The Kier molecular flexibility index (Phi) is 7.92. The van der Waals surface area contributed by atoms with Gasteiger partial charge in [-0.1, -0.05) is 56.0 Å². The van der Waals surface area contributed by atoms with E-state index in [1.165, 1.54) is 10.7 Å². The van der Waals surface area contributed by atoms with Gasteiger partial charge in [-0.15, -0.1) is 0 Å². The summed E-state index contributed by atoms with van der Waals surface area (Å²) in [5.41, 5.74) is 3.88. The number of aliphatic hydroxyl groups excluding tert-OH is 1. The number of ether oxygens (including phenoxy) is 1. The Morgan fingerprint density at radius 3 is 2.35 bits per heavy atom. The predicted octanol–water partition coefficient (Wildman–Crippen LogP) is 4.79. The van der Waals surface area contributed by atoms with Gasteiger partial charge in [-0.3, -0.25) is 0 Å². The highest BCUT2D eigenvalue weighted by Gasteiger charge is 2.36. The van der Waals surface area contributed by atoms with E-state index in [4.69, 9.17) is 4.74 Å². The molecule has 2 aromatic carbocycles. The Bertz CT molecular complexity index is 995. The Labute approximate surface area is 186 Å². The van der Waals surface area contributed by atoms with E-state index in [1.807, 2.05) is 31.2 Å². The van der Waals surface area contributed by atoms with Crippen molar-refractivity contribution in [1.82, 2.24) is 4.31 Å². The summed E-state index contributed by atoms with van der Waals surface area (Å²) in [4.78, 5) is 0.264. The van der Waals surface area contributed by atoms with Gasteiger partial charge in [-0.05, 0) is 60.7 Å². The number of rotatable bonds is 9. The number of benzene rings is 2. The van der Waals surface area contributed by atoms with Gasteiger partial charge in [-0.2, -0.15) is 4.31 Å². The van der Waals surface area contributed by atoms with E-state index >= 15 is 0 Å². The lowest BCUT2D eigenvalue weighted by atomic mass is 9.93. The molecule has 5 nitrogen and oxygen atoms in total. The molecule has 0 amide bonds. The maximum Gasteiger partial charge on any atom is 0.243 e. The molecule has 1 aliphatic rings. The second-order valence-electron chi connectivity index (χ2n) is 8.17. The molecule has 1 aliphatic heterocycles. The van der Waals surface area contributed by atoms with Crippen LogP contribution in [0.1, 0.15) is 50.2 Å². The van der Waals surface area contributed by atoms with Gasteiger partial charge in [-0.25, -0.2) is 8.42 Å². The molecule has 2 aromatic rings. The van der Waals surface area contributed by atoms with Gasteiger partial charge < -0.3 is 9.84 Å². The van der Waals surface area contributed by atoms with Gasteiger partial charge in [0.2, 0.25) is 10.0 Å².